The number of hydrogen-bond donors (Lipinski definition) is 2. The molecule has 31 heavy (non-hydrogen) atoms. The van der Waals surface area contributed by atoms with Crippen molar-refractivity contribution in [2.24, 2.45) is 0 Å². The first-order chi connectivity index (χ1) is 15.0. The third-order valence-electron chi connectivity index (χ3n) is 4.44. The minimum Gasteiger partial charge on any atom is -0.483 e. The van der Waals surface area contributed by atoms with Crippen molar-refractivity contribution in [3.05, 3.63) is 89.5 Å². The fraction of sp³-hybridized carbons (Fsp3) is 0.125. The Morgan fingerprint density at radius 2 is 1.61 bits per heavy atom. The van der Waals surface area contributed by atoms with E-state index in [2.05, 4.69) is 10.6 Å². The first kappa shape index (κ1) is 21.6. The van der Waals surface area contributed by atoms with Crippen molar-refractivity contribution >= 4 is 29.2 Å². The number of nitrogens with one attached hydrogen (secondary N) is 2. The number of benzene rings is 3. The van der Waals surface area contributed by atoms with Crippen molar-refractivity contribution in [3.8, 4) is 5.75 Å². The highest BCUT2D eigenvalue weighted by Gasteiger charge is 2.15. The van der Waals surface area contributed by atoms with Crippen LogP contribution < -0.4 is 15.4 Å². The highest BCUT2D eigenvalue weighted by atomic mass is 16.5. The number of carbonyl (C=O) groups is 3. The maximum Gasteiger partial charge on any atom is 0.339 e. The molecule has 0 spiro atoms. The lowest BCUT2D eigenvalue weighted by molar-refractivity contribution is -0.118. The van der Waals surface area contributed by atoms with Gasteiger partial charge in [-0.25, -0.2) is 4.79 Å². The standard InChI is InChI=1S/C24H22N2O5/c1-16-8-3-6-13-21(16)31-15-22(27)25-18-10-7-9-17(14-18)23(28)26-20-12-5-4-11-19(20)24(29)30-2/h3-14H,15H2,1-2H3,(H,25,27)(H,26,28). The SMILES string of the molecule is COC(=O)c1ccccc1NC(=O)c1cccc(NC(=O)COc2ccccc2C)c1. The molecule has 0 unspecified atom stereocenters. The van der Waals surface area contributed by atoms with Crippen molar-refractivity contribution in [1.29, 1.82) is 0 Å². The van der Waals surface area contributed by atoms with E-state index in [1.807, 2.05) is 25.1 Å². The smallest absolute Gasteiger partial charge is 0.339 e. The zero-order valence-electron chi connectivity index (χ0n) is 17.2. The van der Waals surface area contributed by atoms with Crippen LogP contribution in [0.25, 0.3) is 0 Å². The summed E-state index contributed by atoms with van der Waals surface area (Å²) < 4.78 is 10.3. The van der Waals surface area contributed by atoms with Gasteiger partial charge in [0.15, 0.2) is 6.61 Å². The van der Waals surface area contributed by atoms with E-state index in [0.29, 0.717) is 22.7 Å². The van der Waals surface area contributed by atoms with Gasteiger partial charge >= 0.3 is 5.97 Å². The van der Waals surface area contributed by atoms with Crippen molar-refractivity contribution in [1.82, 2.24) is 0 Å². The van der Waals surface area contributed by atoms with Gasteiger partial charge in [0.2, 0.25) is 0 Å². The summed E-state index contributed by atoms with van der Waals surface area (Å²) in [6, 6.07) is 20.4. The highest BCUT2D eigenvalue weighted by Crippen LogP contribution is 2.19. The molecule has 2 N–H and O–H groups in total. The molecule has 3 aromatic rings. The maximum absolute atomic E-state index is 12.7. The first-order valence-corrected chi connectivity index (χ1v) is 9.55. The number of esters is 1. The van der Waals surface area contributed by atoms with Gasteiger partial charge in [-0.15, -0.1) is 0 Å². The number of anilines is 2. The molecule has 2 amide bonds. The summed E-state index contributed by atoms with van der Waals surface area (Å²) in [5, 5.41) is 5.41. The van der Waals surface area contributed by atoms with Gasteiger partial charge in [0, 0.05) is 11.3 Å². The summed E-state index contributed by atoms with van der Waals surface area (Å²) in [5.74, 6) is -0.693. The topological polar surface area (TPSA) is 93.7 Å². The van der Waals surface area contributed by atoms with E-state index in [1.165, 1.54) is 7.11 Å². The number of carbonyl (C=O) groups excluding carboxylic acids is 3. The third-order valence-corrected chi connectivity index (χ3v) is 4.44. The number of rotatable bonds is 7. The molecule has 0 radical (unpaired) electrons. The van der Waals surface area contributed by atoms with Gasteiger partial charge in [0.25, 0.3) is 11.8 Å². The van der Waals surface area contributed by atoms with Crippen LogP contribution in [0, 0.1) is 6.92 Å². The van der Waals surface area contributed by atoms with Crippen molar-refractivity contribution in [2.75, 3.05) is 24.4 Å². The number of para-hydroxylation sites is 2. The average molecular weight is 418 g/mol. The molecule has 0 saturated carbocycles. The Kier molecular flexibility index (Phi) is 7.01. The van der Waals surface area contributed by atoms with E-state index in [0.717, 1.165) is 5.56 Å². The number of ether oxygens (including phenoxy) is 2. The van der Waals surface area contributed by atoms with Crippen LogP contribution in [-0.2, 0) is 9.53 Å². The van der Waals surface area contributed by atoms with Crippen LogP contribution >= 0.6 is 0 Å². The molecular weight excluding hydrogens is 396 g/mol. The summed E-state index contributed by atoms with van der Waals surface area (Å²) >= 11 is 0. The Labute approximate surface area is 180 Å². The third kappa shape index (κ3) is 5.70. The van der Waals surface area contributed by atoms with Crippen LogP contribution in [0.2, 0.25) is 0 Å². The molecule has 3 rings (SSSR count). The summed E-state index contributed by atoms with van der Waals surface area (Å²) in [7, 11) is 1.27. The second kappa shape index (κ2) is 10.1. The number of amides is 2. The molecule has 0 aliphatic heterocycles. The largest absolute Gasteiger partial charge is 0.483 e. The van der Waals surface area contributed by atoms with E-state index in [4.69, 9.17) is 9.47 Å². The second-order valence-electron chi connectivity index (χ2n) is 6.67. The van der Waals surface area contributed by atoms with Gasteiger partial charge in [0.1, 0.15) is 5.75 Å². The van der Waals surface area contributed by atoms with Crippen molar-refractivity contribution in [3.63, 3.8) is 0 Å². The molecule has 0 aliphatic rings. The molecule has 0 fully saturated rings. The zero-order valence-corrected chi connectivity index (χ0v) is 17.2. The Morgan fingerprint density at radius 3 is 2.39 bits per heavy atom. The van der Waals surface area contributed by atoms with Gasteiger partial charge in [-0.3, -0.25) is 9.59 Å². The lowest BCUT2D eigenvalue weighted by Gasteiger charge is -2.11. The molecule has 3 aromatic carbocycles. The van der Waals surface area contributed by atoms with Gasteiger partial charge in [-0.05, 0) is 48.9 Å². The fourth-order valence-electron chi connectivity index (χ4n) is 2.87. The van der Waals surface area contributed by atoms with Crippen LogP contribution in [0.5, 0.6) is 5.75 Å². The van der Waals surface area contributed by atoms with Crippen LogP contribution in [0.15, 0.2) is 72.8 Å². The molecule has 7 nitrogen and oxygen atoms in total. The summed E-state index contributed by atoms with van der Waals surface area (Å²) in [4.78, 5) is 36.8. The van der Waals surface area contributed by atoms with Crippen LogP contribution in [0.1, 0.15) is 26.3 Å². The molecule has 0 heterocycles. The second-order valence-corrected chi connectivity index (χ2v) is 6.67. The molecule has 0 atom stereocenters. The van der Waals surface area contributed by atoms with Crippen LogP contribution in [0.4, 0.5) is 11.4 Å². The Balaban J connectivity index is 1.65. The minimum atomic E-state index is -0.550. The summed E-state index contributed by atoms with van der Waals surface area (Å²) in [6.45, 7) is 1.74. The van der Waals surface area contributed by atoms with Crippen LogP contribution in [-0.4, -0.2) is 31.5 Å². The van der Waals surface area contributed by atoms with E-state index < -0.39 is 11.9 Å². The quantitative estimate of drug-likeness (QED) is 0.565. The molecule has 0 saturated heterocycles. The van der Waals surface area contributed by atoms with E-state index in [9.17, 15) is 14.4 Å². The molecule has 7 heteroatoms. The van der Waals surface area contributed by atoms with Gasteiger partial charge in [0.05, 0.1) is 18.4 Å². The van der Waals surface area contributed by atoms with Gasteiger partial charge in [-0.2, -0.15) is 0 Å². The predicted molar refractivity (Wildman–Crippen MR) is 117 cm³/mol. The zero-order chi connectivity index (χ0) is 22.2. The highest BCUT2D eigenvalue weighted by molar-refractivity contribution is 6.08. The molecule has 158 valence electrons. The van der Waals surface area contributed by atoms with E-state index in [-0.39, 0.29) is 18.1 Å². The van der Waals surface area contributed by atoms with Crippen LogP contribution in [0.3, 0.4) is 0 Å². The van der Waals surface area contributed by atoms with Gasteiger partial charge in [-0.1, -0.05) is 36.4 Å². The van der Waals surface area contributed by atoms with E-state index in [1.54, 1.807) is 54.6 Å². The molecule has 0 aliphatic carbocycles. The minimum absolute atomic E-state index is 0.159. The Morgan fingerprint density at radius 1 is 0.871 bits per heavy atom. The van der Waals surface area contributed by atoms with E-state index >= 15 is 0 Å². The normalized spacial score (nSPS) is 10.1. The number of hydrogen-bond acceptors (Lipinski definition) is 5. The fourth-order valence-corrected chi connectivity index (χ4v) is 2.87. The van der Waals surface area contributed by atoms with Gasteiger partial charge < -0.3 is 20.1 Å². The maximum atomic E-state index is 12.7. The molecular formula is C24H22N2O5. The van der Waals surface area contributed by atoms with Crippen molar-refractivity contribution in [2.45, 2.75) is 6.92 Å². The lowest BCUT2D eigenvalue weighted by Crippen LogP contribution is -2.21. The summed E-state index contributed by atoms with van der Waals surface area (Å²) in [5.41, 5.74) is 2.28. The monoisotopic (exact) mass is 418 g/mol. The Bertz CT molecular complexity index is 1110. The Hall–Kier alpha value is -4.13. The van der Waals surface area contributed by atoms with Crippen molar-refractivity contribution < 1.29 is 23.9 Å². The summed E-state index contributed by atoms with van der Waals surface area (Å²) in [6.07, 6.45) is 0. The molecule has 0 aromatic heterocycles. The average Bonchev–Trinajstić information content (AvgIpc) is 2.78. The molecule has 0 bridgehead atoms. The number of methoxy groups -OCH3 is 1. The predicted octanol–water partition coefficient (Wildman–Crippen LogP) is 4.05. The number of aryl methyl sites for hydroxylation is 1. The first-order valence-electron chi connectivity index (χ1n) is 9.55. The lowest BCUT2D eigenvalue weighted by atomic mass is 10.1.